The molecule has 0 bridgehead atoms. The SMILES string of the molecule is CN1C(=O)[C@H](c2ccc(S(=O)(=O)C(C)(C)C)cc2)/C(=C2/CC(c3cccc(C#N)c3)=CS2)N=C1N. The first-order valence-electron chi connectivity index (χ1n) is 11.0. The van der Waals surface area contributed by atoms with Crippen LogP contribution in [0.5, 0.6) is 0 Å². The number of rotatable bonds is 3. The van der Waals surface area contributed by atoms with E-state index in [2.05, 4.69) is 11.1 Å². The molecule has 0 aliphatic carbocycles. The lowest BCUT2D eigenvalue weighted by Crippen LogP contribution is -2.45. The topological polar surface area (TPSA) is 117 Å². The summed E-state index contributed by atoms with van der Waals surface area (Å²) >= 11 is 1.49. The van der Waals surface area contributed by atoms with Crippen LogP contribution in [0.4, 0.5) is 0 Å². The molecule has 1 atom stereocenters. The van der Waals surface area contributed by atoms with Crippen molar-refractivity contribution in [3.8, 4) is 6.07 Å². The molecular weight excluding hydrogens is 480 g/mol. The maximum atomic E-state index is 13.3. The highest BCUT2D eigenvalue weighted by Gasteiger charge is 2.37. The van der Waals surface area contributed by atoms with Crippen LogP contribution in [0, 0.1) is 11.3 Å². The molecule has 2 aromatic rings. The number of carbonyl (C=O) groups excluding carboxylic acids is 1. The number of hydrogen-bond acceptors (Lipinski definition) is 7. The standard InChI is InChI=1S/C26H26N4O3S2/c1-26(2,3)35(32,33)20-10-8-17(9-11-20)22-23(29-25(28)30(4)24(22)31)21-13-19(15-34-21)18-7-5-6-16(12-18)14-27/h5-12,15,22H,13H2,1-4H3,(H2,28,29)/b23-21+/t22-/m1/s1. The van der Waals surface area contributed by atoms with E-state index in [1.165, 1.54) is 16.7 Å². The smallest absolute Gasteiger partial charge is 0.242 e. The number of benzene rings is 2. The first-order valence-corrected chi connectivity index (χ1v) is 13.4. The number of hydrogen-bond donors (Lipinski definition) is 1. The minimum absolute atomic E-state index is 0.112. The number of guanidine groups is 1. The highest BCUT2D eigenvalue weighted by molar-refractivity contribution is 8.06. The van der Waals surface area contributed by atoms with E-state index in [-0.39, 0.29) is 16.8 Å². The molecule has 0 fully saturated rings. The second kappa shape index (κ2) is 9.02. The third-order valence-corrected chi connectivity index (χ3v) is 9.65. The van der Waals surface area contributed by atoms with Crippen LogP contribution in [-0.2, 0) is 14.6 Å². The number of nitrogens with two attached hydrogens (primary N) is 1. The van der Waals surface area contributed by atoms with Crippen LogP contribution in [0.2, 0.25) is 0 Å². The van der Waals surface area contributed by atoms with E-state index in [4.69, 9.17) is 5.73 Å². The van der Waals surface area contributed by atoms with E-state index >= 15 is 0 Å². The molecule has 0 radical (unpaired) electrons. The average Bonchev–Trinajstić information content (AvgIpc) is 3.32. The van der Waals surface area contributed by atoms with Crippen LogP contribution in [0.1, 0.15) is 49.8 Å². The quantitative estimate of drug-likeness (QED) is 0.660. The normalized spacial score (nSPS) is 20.9. The monoisotopic (exact) mass is 506 g/mol. The summed E-state index contributed by atoms with van der Waals surface area (Å²) in [5.41, 5.74) is 9.81. The molecule has 2 heterocycles. The molecule has 0 saturated heterocycles. The fourth-order valence-electron chi connectivity index (χ4n) is 3.91. The first-order chi connectivity index (χ1) is 16.4. The molecule has 0 aromatic heterocycles. The zero-order chi connectivity index (χ0) is 25.5. The molecule has 1 amide bonds. The third kappa shape index (κ3) is 4.51. The van der Waals surface area contributed by atoms with Crippen molar-refractivity contribution in [3.05, 3.63) is 81.2 Å². The Morgan fingerprint density at radius 3 is 2.49 bits per heavy atom. The molecule has 0 spiro atoms. The number of aliphatic imine (C=N–C) groups is 1. The summed E-state index contributed by atoms with van der Waals surface area (Å²) in [7, 11) is -1.94. The van der Waals surface area contributed by atoms with Crippen molar-refractivity contribution in [1.82, 2.24) is 4.90 Å². The molecule has 2 aliphatic heterocycles. The number of nitrogens with zero attached hydrogens (tertiary/aromatic N) is 3. The lowest BCUT2D eigenvalue weighted by molar-refractivity contribution is -0.127. The van der Waals surface area contributed by atoms with Gasteiger partial charge in [-0.15, -0.1) is 0 Å². The highest BCUT2D eigenvalue weighted by atomic mass is 32.2. The van der Waals surface area contributed by atoms with E-state index in [0.29, 0.717) is 23.2 Å². The Kier molecular flexibility index (Phi) is 6.38. The van der Waals surface area contributed by atoms with Crippen LogP contribution in [0.15, 0.2) is 74.4 Å². The lowest BCUT2D eigenvalue weighted by Gasteiger charge is -2.30. The number of nitriles is 1. The van der Waals surface area contributed by atoms with Gasteiger partial charge in [-0.2, -0.15) is 5.26 Å². The van der Waals surface area contributed by atoms with Gasteiger partial charge in [-0.1, -0.05) is 36.0 Å². The van der Waals surface area contributed by atoms with Gasteiger partial charge in [0, 0.05) is 18.4 Å². The number of likely N-dealkylation sites (N-methyl/N-ethyl adjacent to an activating group) is 1. The summed E-state index contributed by atoms with van der Waals surface area (Å²) in [5, 5.41) is 11.2. The van der Waals surface area contributed by atoms with Gasteiger partial charge in [0.05, 0.1) is 27.0 Å². The van der Waals surface area contributed by atoms with Gasteiger partial charge < -0.3 is 5.73 Å². The number of thioether (sulfide) groups is 1. The summed E-state index contributed by atoms with van der Waals surface area (Å²) in [6.07, 6.45) is 0.551. The van der Waals surface area contributed by atoms with Crippen molar-refractivity contribution in [2.45, 2.75) is 42.8 Å². The molecule has 4 rings (SSSR count). The van der Waals surface area contributed by atoms with Crippen LogP contribution >= 0.6 is 11.8 Å². The fourth-order valence-corrected chi connectivity index (χ4v) is 6.14. The molecule has 2 aromatic carbocycles. The van der Waals surface area contributed by atoms with E-state index < -0.39 is 20.5 Å². The minimum Gasteiger partial charge on any atom is -0.369 e. The molecule has 0 saturated carbocycles. The van der Waals surface area contributed by atoms with E-state index in [0.717, 1.165) is 16.0 Å². The van der Waals surface area contributed by atoms with Gasteiger partial charge in [0.1, 0.15) is 5.92 Å². The number of sulfone groups is 1. The molecular formula is C26H26N4O3S2. The molecule has 7 nitrogen and oxygen atoms in total. The summed E-state index contributed by atoms with van der Waals surface area (Å²) in [4.78, 5) is 20.3. The van der Waals surface area contributed by atoms with E-state index in [9.17, 15) is 18.5 Å². The van der Waals surface area contributed by atoms with Gasteiger partial charge in [-0.3, -0.25) is 9.69 Å². The van der Waals surface area contributed by atoms with Crippen molar-refractivity contribution in [1.29, 1.82) is 5.26 Å². The Balaban J connectivity index is 1.73. The van der Waals surface area contributed by atoms with Gasteiger partial charge in [0.2, 0.25) is 11.9 Å². The van der Waals surface area contributed by atoms with Gasteiger partial charge in [-0.25, -0.2) is 13.4 Å². The average molecular weight is 507 g/mol. The zero-order valence-corrected chi connectivity index (χ0v) is 21.6. The van der Waals surface area contributed by atoms with Crippen LogP contribution in [0.3, 0.4) is 0 Å². The molecule has 2 N–H and O–H groups in total. The van der Waals surface area contributed by atoms with Crippen molar-refractivity contribution >= 4 is 39.0 Å². The van der Waals surface area contributed by atoms with Crippen molar-refractivity contribution in [2.75, 3.05) is 7.05 Å². The highest BCUT2D eigenvalue weighted by Crippen LogP contribution is 2.46. The molecule has 2 aliphatic rings. The van der Waals surface area contributed by atoms with Gasteiger partial charge in [-0.05, 0) is 67.1 Å². The summed E-state index contributed by atoms with van der Waals surface area (Å²) < 4.78 is 24.7. The lowest BCUT2D eigenvalue weighted by atomic mass is 9.91. The van der Waals surface area contributed by atoms with Gasteiger partial charge in [0.25, 0.3) is 0 Å². The number of amides is 1. The Hall–Kier alpha value is -3.35. The fraction of sp³-hybridized carbons (Fsp3) is 0.269. The predicted molar refractivity (Wildman–Crippen MR) is 139 cm³/mol. The Morgan fingerprint density at radius 2 is 1.86 bits per heavy atom. The van der Waals surface area contributed by atoms with E-state index in [1.807, 2.05) is 23.6 Å². The molecule has 0 unspecified atom stereocenters. The predicted octanol–water partition coefficient (Wildman–Crippen LogP) is 4.39. The van der Waals surface area contributed by atoms with Crippen LogP contribution in [0.25, 0.3) is 5.57 Å². The molecule has 35 heavy (non-hydrogen) atoms. The largest absolute Gasteiger partial charge is 0.369 e. The second-order valence-corrected chi connectivity index (χ2v) is 13.1. The third-order valence-electron chi connectivity index (χ3n) is 6.10. The number of carbonyl (C=O) groups is 1. The number of allylic oxidation sites excluding steroid dienone is 2. The van der Waals surface area contributed by atoms with Crippen LogP contribution in [-0.4, -0.2) is 37.0 Å². The minimum atomic E-state index is -3.52. The van der Waals surface area contributed by atoms with E-state index in [1.54, 1.807) is 58.2 Å². The van der Waals surface area contributed by atoms with Crippen molar-refractivity contribution in [3.63, 3.8) is 0 Å². The van der Waals surface area contributed by atoms with Gasteiger partial charge in [0.15, 0.2) is 9.84 Å². The summed E-state index contributed by atoms with van der Waals surface area (Å²) in [6, 6.07) is 16.0. The first kappa shape index (κ1) is 24.8. The Bertz CT molecular complexity index is 1440. The summed E-state index contributed by atoms with van der Waals surface area (Å²) in [5.74, 6) is -0.826. The van der Waals surface area contributed by atoms with Crippen molar-refractivity contribution in [2.24, 2.45) is 10.7 Å². The molecule has 9 heteroatoms. The summed E-state index contributed by atoms with van der Waals surface area (Å²) in [6.45, 7) is 4.97. The Labute approximate surface area is 210 Å². The van der Waals surface area contributed by atoms with Crippen molar-refractivity contribution < 1.29 is 13.2 Å². The maximum Gasteiger partial charge on any atom is 0.242 e. The van der Waals surface area contributed by atoms with Crippen LogP contribution < -0.4 is 5.73 Å². The zero-order valence-electron chi connectivity index (χ0n) is 19.9. The molecule has 180 valence electrons. The Morgan fingerprint density at radius 1 is 1.17 bits per heavy atom. The van der Waals surface area contributed by atoms with Gasteiger partial charge >= 0.3 is 0 Å². The maximum absolute atomic E-state index is 13.3. The second-order valence-electron chi connectivity index (χ2n) is 9.42.